The lowest BCUT2D eigenvalue weighted by Gasteiger charge is -2.26. The molecule has 1 aromatic heterocycles. The van der Waals surface area contributed by atoms with Gasteiger partial charge in [0.25, 0.3) is 0 Å². The van der Waals surface area contributed by atoms with Crippen molar-refractivity contribution in [1.82, 2.24) is 4.98 Å². The van der Waals surface area contributed by atoms with Crippen LogP contribution in [0.1, 0.15) is 31.2 Å². The second kappa shape index (κ2) is 3.46. The van der Waals surface area contributed by atoms with Crippen LogP contribution >= 0.6 is 0 Å². The number of hydrogen-bond acceptors (Lipinski definition) is 2. The molecule has 2 nitrogen and oxygen atoms in total. The van der Waals surface area contributed by atoms with E-state index < -0.39 is 0 Å². The molecule has 1 aromatic rings. The van der Waals surface area contributed by atoms with Crippen LogP contribution in [-0.4, -0.2) is 16.7 Å². The van der Waals surface area contributed by atoms with Crippen molar-refractivity contribution in [3.63, 3.8) is 0 Å². The van der Waals surface area contributed by atoms with Gasteiger partial charge in [0.2, 0.25) is 0 Å². The number of hydrogen-bond donors (Lipinski definition) is 1. The van der Waals surface area contributed by atoms with E-state index >= 15 is 0 Å². The Bertz CT molecular complexity index is 265. The molecule has 1 heterocycles. The zero-order valence-electron chi connectivity index (χ0n) is 7.74. The molecule has 0 radical (unpaired) electrons. The Morgan fingerprint density at radius 1 is 1.38 bits per heavy atom. The number of aliphatic hydroxyl groups excluding tert-OH is 1. The molecule has 13 heavy (non-hydrogen) atoms. The number of aliphatic hydroxyl groups is 1. The maximum Gasteiger partial charge on any atom is 0.0528 e. The topological polar surface area (TPSA) is 33.1 Å². The third kappa shape index (κ3) is 1.46. The summed E-state index contributed by atoms with van der Waals surface area (Å²) in [4.78, 5) is 4.11. The quantitative estimate of drug-likeness (QED) is 0.748. The zero-order valence-corrected chi connectivity index (χ0v) is 7.74. The summed E-state index contributed by atoms with van der Waals surface area (Å²) in [5, 5.41) is 9.44. The minimum Gasteiger partial charge on any atom is -0.395 e. The van der Waals surface area contributed by atoms with Crippen LogP contribution < -0.4 is 0 Å². The van der Waals surface area contributed by atoms with Crippen molar-refractivity contribution < 1.29 is 5.11 Å². The average Bonchev–Trinajstić information content (AvgIpc) is 2.69. The third-order valence-corrected chi connectivity index (χ3v) is 3.14. The van der Waals surface area contributed by atoms with Crippen molar-refractivity contribution >= 4 is 0 Å². The van der Waals surface area contributed by atoms with E-state index in [0.717, 1.165) is 12.8 Å². The smallest absolute Gasteiger partial charge is 0.0528 e. The number of pyridine rings is 1. The molecule has 0 amide bonds. The van der Waals surface area contributed by atoms with E-state index in [9.17, 15) is 5.11 Å². The van der Waals surface area contributed by atoms with Gasteiger partial charge in [-0.25, -0.2) is 0 Å². The maximum absolute atomic E-state index is 9.44. The van der Waals surface area contributed by atoms with Gasteiger partial charge in [-0.15, -0.1) is 0 Å². The summed E-state index contributed by atoms with van der Waals surface area (Å²) in [6.07, 6.45) is 8.35. The molecule has 70 valence electrons. The van der Waals surface area contributed by atoms with E-state index in [4.69, 9.17) is 0 Å². The van der Waals surface area contributed by atoms with Crippen molar-refractivity contribution in [2.24, 2.45) is 0 Å². The van der Waals surface area contributed by atoms with Crippen LogP contribution in [0.2, 0.25) is 0 Å². The highest BCUT2D eigenvalue weighted by Crippen LogP contribution is 2.40. The lowest BCUT2D eigenvalue weighted by atomic mass is 9.81. The van der Waals surface area contributed by atoms with Gasteiger partial charge in [-0.1, -0.05) is 18.9 Å². The standard InChI is InChI=1S/C11H15NO/c13-9-11(5-1-2-6-11)10-4-3-7-12-8-10/h3-4,7-8,13H,1-2,5-6,9H2. The van der Waals surface area contributed by atoms with E-state index in [1.807, 2.05) is 12.3 Å². The molecule has 1 N–H and O–H groups in total. The highest BCUT2D eigenvalue weighted by Gasteiger charge is 2.34. The molecule has 2 heteroatoms. The highest BCUT2D eigenvalue weighted by molar-refractivity contribution is 5.23. The lowest BCUT2D eigenvalue weighted by Crippen LogP contribution is -2.26. The van der Waals surface area contributed by atoms with Gasteiger partial charge < -0.3 is 5.11 Å². The Hall–Kier alpha value is -0.890. The second-order valence-electron chi connectivity index (χ2n) is 3.89. The Kier molecular flexibility index (Phi) is 2.32. The fraction of sp³-hybridized carbons (Fsp3) is 0.545. The van der Waals surface area contributed by atoms with Crippen molar-refractivity contribution in [3.05, 3.63) is 30.1 Å². The molecule has 0 aromatic carbocycles. The first-order chi connectivity index (χ1) is 6.37. The Labute approximate surface area is 78.6 Å². The van der Waals surface area contributed by atoms with E-state index in [0.29, 0.717) is 0 Å². The van der Waals surface area contributed by atoms with Gasteiger partial charge in [-0.2, -0.15) is 0 Å². The predicted octanol–water partition coefficient (Wildman–Crippen LogP) is 1.89. The normalized spacial score (nSPS) is 20.4. The van der Waals surface area contributed by atoms with Crippen LogP contribution in [0.3, 0.4) is 0 Å². The number of nitrogens with zero attached hydrogens (tertiary/aromatic N) is 1. The summed E-state index contributed by atoms with van der Waals surface area (Å²) in [5.74, 6) is 0. The van der Waals surface area contributed by atoms with E-state index in [2.05, 4.69) is 11.1 Å². The zero-order chi connectivity index (χ0) is 9.15. The van der Waals surface area contributed by atoms with Crippen molar-refractivity contribution in [1.29, 1.82) is 0 Å². The fourth-order valence-corrected chi connectivity index (χ4v) is 2.27. The predicted molar refractivity (Wildman–Crippen MR) is 51.5 cm³/mol. The van der Waals surface area contributed by atoms with Crippen molar-refractivity contribution in [2.45, 2.75) is 31.1 Å². The first kappa shape index (κ1) is 8.70. The molecule has 0 aliphatic heterocycles. The van der Waals surface area contributed by atoms with Crippen LogP contribution in [-0.2, 0) is 5.41 Å². The summed E-state index contributed by atoms with van der Waals surface area (Å²) >= 11 is 0. The van der Waals surface area contributed by atoms with E-state index in [-0.39, 0.29) is 12.0 Å². The highest BCUT2D eigenvalue weighted by atomic mass is 16.3. The summed E-state index contributed by atoms with van der Waals surface area (Å²) in [7, 11) is 0. The Morgan fingerprint density at radius 2 is 2.15 bits per heavy atom. The maximum atomic E-state index is 9.44. The third-order valence-electron chi connectivity index (χ3n) is 3.14. The molecule has 1 aliphatic rings. The van der Waals surface area contributed by atoms with Gasteiger partial charge in [-0.05, 0) is 24.5 Å². The lowest BCUT2D eigenvalue weighted by molar-refractivity contribution is 0.195. The molecule has 0 saturated heterocycles. The van der Waals surface area contributed by atoms with Gasteiger partial charge in [0.1, 0.15) is 0 Å². The van der Waals surface area contributed by atoms with Crippen LogP contribution in [0, 0.1) is 0 Å². The van der Waals surface area contributed by atoms with Crippen molar-refractivity contribution in [2.75, 3.05) is 6.61 Å². The Balaban J connectivity index is 2.31. The average molecular weight is 177 g/mol. The second-order valence-corrected chi connectivity index (χ2v) is 3.89. The Morgan fingerprint density at radius 3 is 2.69 bits per heavy atom. The molecule has 2 rings (SSSR count). The van der Waals surface area contributed by atoms with Gasteiger partial charge in [0.15, 0.2) is 0 Å². The number of aromatic nitrogens is 1. The number of rotatable bonds is 2. The van der Waals surface area contributed by atoms with Crippen molar-refractivity contribution in [3.8, 4) is 0 Å². The molecule has 0 spiro atoms. The van der Waals surface area contributed by atoms with Crippen LogP contribution in [0.4, 0.5) is 0 Å². The van der Waals surface area contributed by atoms with Gasteiger partial charge in [0, 0.05) is 17.8 Å². The molecule has 1 fully saturated rings. The molecule has 1 aliphatic carbocycles. The minimum atomic E-state index is 0.0221. The molecular weight excluding hydrogens is 162 g/mol. The monoisotopic (exact) mass is 177 g/mol. The van der Waals surface area contributed by atoms with E-state index in [1.54, 1.807) is 6.20 Å². The van der Waals surface area contributed by atoms with E-state index in [1.165, 1.54) is 18.4 Å². The molecule has 0 bridgehead atoms. The van der Waals surface area contributed by atoms with Gasteiger partial charge in [0.05, 0.1) is 6.61 Å². The summed E-state index contributed by atoms with van der Waals surface area (Å²) in [5.41, 5.74) is 1.23. The fourth-order valence-electron chi connectivity index (χ4n) is 2.27. The van der Waals surface area contributed by atoms with Gasteiger partial charge in [-0.3, -0.25) is 4.98 Å². The van der Waals surface area contributed by atoms with Crippen LogP contribution in [0.25, 0.3) is 0 Å². The summed E-state index contributed by atoms with van der Waals surface area (Å²) in [6, 6.07) is 4.03. The molecule has 0 unspecified atom stereocenters. The summed E-state index contributed by atoms with van der Waals surface area (Å²) < 4.78 is 0. The van der Waals surface area contributed by atoms with Crippen LogP contribution in [0.5, 0.6) is 0 Å². The molecular formula is C11H15NO. The van der Waals surface area contributed by atoms with Gasteiger partial charge >= 0.3 is 0 Å². The largest absolute Gasteiger partial charge is 0.395 e. The minimum absolute atomic E-state index is 0.0221. The van der Waals surface area contributed by atoms with Crippen LogP contribution in [0.15, 0.2) is 24.5 Å². The molecule has 0 atom stereocenters. The first-order valence-corrected chi connectivity index (χ1v) is 4.89. The summed E-state index contributed by atoms with van der Waals surface area (Å²) in [6.45, 7) is 0.263. The molecule has 1 saturated carbocycles. The first-order valence-electron chi connectivity index (χ1n) is 4.89. The SMILES string of the molecule is OCC1(c2cccnc2)CCCC1.